The third kappa shape index (κ3) is 6.48. The molecule has 16 heteroatoms. The van der Waals surface area contributed by atoms with Crippen molar-refractivity contribution in [2.75, 3.05) is 69.6 Å². The highest BCUT2D eigenvalue weighted by Crippen LogP contribution is 2.50. The Labute approximate surface area is 264 Å². The second-order valence-electron chi connectivity index (χ2n) is 9.08. The number of thiophene rings is 1. The Morgan fingerprint density at radius 2 is 1.81 bits per heavy atom. The van der Waals surface area contributed by atoms with Crippen molar-refractivity contribution in [2.24, 2.45) is 0 Å². The van der Waals surface area contributed by atoms with E-state index in [1.807, 2.05) is 13.0 Å². The number of hydrogen-bond acceptors (Lipinski definition) is 12. The van der Waals surface area contributed by atoms with Crippen molar-refractivity contribution in [3.63, 3.8) is 0 Å². The molecule has 1 saturated heterocycles. The van der Waals surface area contributed by atoms with Crippen molar-refractivity contribution in [2.45, 2.75) is 6.92 Å². The maximum atomic E-state index is 13.4. The van der Waals surface area contributed by atoms with E-state index < -0.39 is 5.91 Å². The summed E-state index contributed by atoms with van der Waals surface area (Å²) in [5.74, 6) is 2.43. The number of aryl methyl sites for hydroxylation is 1. The number of aromatic nitrogens is 4. The fourth-order valence-electron chi connectivity index (χ4n) is 4.38. The number of ether oxygens (including phenoxy) is 3. The number of rotatable bonds is 10. The maximum Gasteiger partial charge on any atom is 0.258 e. The van der Waals surface area contributed by atoms with Gasteiger partial charge in [-0.3, -0.25) is 9.69 Å². The van der Waals surface area contributed by atoms with Gasteiger partial charge in [0, 0.05) is 37.6 Å². The van der Waals surface area contributed by atoms with Crippen LogP contribution in [0.2, 0.25) is 10.0 Å². The normalized spacial score (nSPS) is 13.7. The van der Waals surface area contributed by atoms with Gasteiger partial charge in [-0.05, 0) is 22.9 Å². The molecule has 3 aromatic heterocycles. The Morgan fingerprint density at radius 3 is 2.50 bits per heavy atom. The van der Waals surface area contributed by atoms with Gasteiger partial charge in [0.1, 0.15) is 38.3 Å². The monoisotopic (exact) mass is 696 g/mol. The molecule has 1 fully saturated rings. The van der Waals surface area contributed by atoms with Gasteiger partial charge in [0.15, 0.2) is 17.3 Å². The zero-order valence-corrected chi connectivity index (χ0v) is 26.8. The number of amides is 1. The molecule has 4 aromatic rings. The number of hydrogen-bond donors (Lipinski definition) is 3. The Balaban J connectivity index is 1.35. The summed E-state index contributed by atoms with van der Waals surface area (Å²) in [6.07, 6.45) is 1.38. The number of anilines is 4. The van der Waals surface area contributed by atoms with E-state index in [1.165, 1.54) is 31.9 Å². The number of halogens is 3. The smallest absolute Gasteiger partial charge is 0.258 e. The number of methoxy groups -OCH3 is 2. The van der Waals surface area contributed by atoms with E-state index in [4.69, 9.17) is 37.4 Å². The molecule has 0 radical (unpaired) electrons. The third-order valence-electron chi connectivity index (χ3n) is 6.40. The van der Waals surface area contributed by atoms with Crippen LogP contribution in [0.5, 0.6) is 11.5 Å². The molecule has 222 valence electrons. The van der Waals surface area contributed by atoms with Gasteiger partial charge in [0.25, 0.3) is 5.91 Å². The van der Waals surface area contributed by atoms with E-state index in [2.05, 4.69) is 56.7 Å². The molecule has 12 nitrogen and oxygen atoms in total. The summed E-state index contributed by atoms with van der Waals surface area (Å²) in [5.41, 5.74) is 0.919. The van der Waals surface area contributed by atoms with E-state index in [9.17, 15) is 4.79 Å². The Kier molecular flexibility index (Phi) is 9.81. The zero-order valence-electron chi connectivity index (χ0n) is 22.9. The first kappa shape index (κ1) is 30.4. The van der Waals surface area contributed by atoms with E-state index in [0.29, 0.717) is 43.5 Å². The first-order valence-electron chi connectivity index (χ1n) is 12.8. The second kappa shape index (κ2) is 13.5. The molecule has 0 spiro atoms. The molecule has 0 unspecified atom stereocenters. The first-order valence-corrected chi connectivity index (χ1v) is 15.2. The van der Waals surface area contributed by atoms with Crippen molar-refractivity contribution < 1.29 is 19.0 Å². The summed E-state index contributed by atoms with van der Waals surface area (Å²) in [4.78, 5) is 33.5. The summed E-state index contributed by atoms with van der Waals surface area (Å²) in [6, 6.07) is 1.82. The average Bonchev–Trinajstić information content (AvgIpc) is 3.42. The van der Waals surface area contributed by atoms with Crippen molar-refractivity contribution in [3.8, 4) is 11.5 Å². The van der Waals surface area contributed by atoms with E-state index in [-0.39, 0.29) is 27.2 Å². The SMILES string of the molecule is COc1c(Cl)c(NC(=O)c2csc3c(Nc4cc(NCCN5CCOCC5)nc(C)n4)ncnc23)c(Cl)c(OC)c1Br. The zero-order chi connectivity index (χ0) is 29.8. The van der Waals surface area contributed by atoms with Crippen molar-refractivity contribution >= 4 is 89.7 Å². The average molecular weight is 698 g/mol. The Morgan fingerprint density at radius 1 is 1.12 bits per heavy atom. The minimum Gasteiger partial charge on any atom is -0.494 e. The van der Waals surface area contributed by atoms with Crippen molar-refractivity contribution in [1.29, 1.82) is 0 Å². The minimum absolute atomic E-state index is 0.119. The molecule has 1 amide bonds. The highest BCUT2D eigenvalue weighted by atomic mass is 79.9. The molecule has 5 rings (SSSR count). The lowest BCUT2D eigenvalue weighted by atomic mass is 10.2. The Bertz CT molecular complexity index is 1590. The van der Waals surface area contributed by atoms with Crippen molar-refractivity contribution in [3.05, 3.63) is 43.7 Å². The van der Waals surface area contributed by atoms with Crippen LogP contribution in [0.25, 0.3) is 10.2 Å². The van der Waals surface area contributed by atoms with Crippen LogP contribution in [-0.2, 0) is 4.74 Å². The molecule has 1 aliphatic heterocycles. The van der Waals surface area contributed by atoms with Crippen LogP contribution < -0.4 is 25.4 Å². The van der Waals surface area contributed by atoms with Gasteiger partial charge < -0.3 is 30.2 Å². The lowest BCUT2D eigenvalue weighted by Crippen LogP contribution is -2.39. The summed E-state index contributed by atoms with van der Waals surface area (Å²) in [7, 11) is 2.90. The van der Waals surface area contributed by atoms with Gasteiger partial charge in [-0.15, -0.1) is 11.3 Å². The topological polar surface area (TPSA) is 136 Å². The molecule has 0 bridgehead atoms. The number of fused-ring (bicyclic) bond motifs is 1. The van der Waals surface area contributed by atoms with Gasteiger partial charge in [-0.2, -0.15) is 0 Å². The van der Waals surface area contributed by atoms with Crippen LogP contribution in [0.15, 0.2) is 22.2 Å². The lowest BCUT2D eigenvalue weighted by Gasteiger charge is -2.26. The first-order chi connectivity index (χ1) is 20.3. The predicted molar refractivity (Wildman–Crippen MR) is 168 cm³/mol. The van der Waals surface area contributed by atoms with Crippen LogP contribution in [0.1, 0.15) is 16.2 Å². The van der Waals surface area contributed by atoms with E-state index in [1.54, 1.807) is 5.38 Å². The number of carbonyl (C=O) groups excluding carboxylic acids is 1. The number of carbonyl (C=O) groups is 1. The second-order valence-corrected chi connectivity index (χ2v) is 11.5. The molecule has 3 N–H and O–H groups in total. The maximum absolute atomic E-state index is 13.4. The van der Waals surface area contributed by atoms with Crippen LogP contribution in [0.4, 0.5) is 23.1 Å². The summed E-state index contributed by atoms with van der Waals surface area (Å²) in [5, 5.41) is 11.3. The minimum atomic E-state index is -0.467. The summed E-state index contributed by atoms with van der Waals surface area (Å²) < 4.78 is 17.3. The van der Waals surface area contributed by atoms with Crippen molar-refractivity contribution in [1.82, 2.24) is 24.8 Å². The Hall–Kier alpha value is -3.01. The quantitative estimate of drug-likeness (QED) is 0.191. The largest absolute Gasteiger partial charge is 0.494 e. The molecule has 0 saturated carbocycles. The number of benzene rings is 1. The van der Waals surface area contributed by atoms with Gasteiger partial charge in [0.2, 0.25) is 0 Å². The van der Waals surface area contributed by atoms with Gasteiger partial charge >= 0.3 is 0 Å². The molecule has 0 aliphatic carbocycles. The molecule has 0 atom stereocenters. The molecule has 4 heterocycles. The number of morpholine rings is 1. The third-order valence-corrected chi connectivity index (χ3v) is 8.82. The fraction of sp³-hybridized carbons (Fsp3) is 0.346. The molecule has 1 aromatic carbocycles. The van der Waals surface area contributed by atoms with Crippen LogP contribution >= 0.6 is 50.5 Å². The lowest BCUT2D eigenvalue weighted by molar-refractivity contribution is 0.0398. The standard InChI is InChI=1S/C26H27BrCl2N8O4S/c1-13-33-15(30-4-5-37-6-8-41-9-7-37)10-16(34-13)35-25-24-20(31-12-32-25)14(11-42-24)26(38)36-21-18(28)22(39-2)17(27)23(40-3)19(21)29/h10-12H,4-9H2,1-3H3,(H,36,38)(H2,30,31,32,33,34,35). The van der Waals surface area contributed by atoms with E-state index >= 15 is 0 Å². The summed E-state index contributed by atoms with van der Waals surface area (Å²) >= 11 is 17.7. The number of nitrogens with zero attached hydrogens (tertiary/aromatic N) is 5. The van der Waals surface area contributed by atoms with Gasteiger partial charge in [-0.25, -0.2) is 19.9 Å². The highest BCUT2D eigenvalue weighted by Gasteiger charge is 2.25. The van der Waals surface area contributed by atoms with E-state index in [0.717, 1.165) is 39.4 Å². The molecular weight excluding hydrogens is 671 g/mol. The predicted octanol–water partition coefficient (Wildman–Crippen LogP) is 5.62. The molecule has 1 aliphatic rings. The molecule has 42 heavy (non-hydrogen) atoms. The fourth-order valence-corrected chi connectivity index (χ4v) is 6.95. The number of nitrogens with one attached hydrogen (secondary N) is 3. The van der Waals surface area contributed by atoms with Crippen LogP contribution in [-0.4, -0.2) is 84.4 Å². The van der Waals surface area contributed by atoms with Crippen LogP contribution in [0, 0.1) is 6.92 Å². The highest BCUT2D eigenvalue weighted by molar-refractivity contribution is 9.10. The molecular formula is C26H27BrCl2N8O4S. The van der Waals surface area contributed by atoms with Crippen LogP contribution in [0.3, 0.4) is 0 Å². The van der Waals surface area contributed by atoms with Gasteiger partial charge in [0.05, 0.1) is 48.9 Å². The van der Waals surface area contributed by atoms with Gasteiger partial charge in [-0.1, -0.05) is 23.2 Å². The summed E-state index contributed by atoms with van der Waals surface area (Å²) in [6.45, 7) is 6.81.